The fraction of sp³-hybridized carbons (Fsp3) is 0.308. The largest absolute Gasteiger partial charge is 0.398 e. The summed E-state index contributed by atoms with van der Waals surface area (Å²) in [5.74, 6) is -1.15. The molecular formula is C13H14ClN3O3. The fourth-order valence-corrected chi connectivity index (χ4v) is 2.22. The monoisotopic (exact) mass is 295 g/mol. The number of nitrogens with two attached hydrogens (primary N) is 1. The van der Waals surface area contributed by atoms with Crippen LogP contribution in [0.3, 0.4) is 0 Å². The van der Waals surface area contributed by atoms with Crippen molar-refractivity contribution >= 4 is 35.0 Å². The highest BCUT2D eigenvalue weighted by molar-refractivity contribution is 6.36. The topological polar surface area (TPSA) is 92.5 Å². The molecule has 1 saturated heterocycles. The minimum atomic E-state index is -0.720. The minimum Gasteiger partial charge on any atom is -0.398 e. The highest BCUT2D eigenvalue weighted by atomic mass is 35.5. The molecule has 20 heavy (non-hydrogen) atoms. The molecule has 0 spiro atoms. The van der Waals surface area contributed by atoms with Gasteiger partial charge in [-0.1, -0.05) is 17.7 Å². The standard InChI is InChI=1S/C13H14ClN3O3/c1-17-10(18)6-5-9(13(17)20)16-12(19)7-3-2-4-8(15)11(7)14/h2-4,9H,5-6,15H2,1H3,(H,16,19). The van der Waals surface area contributed by atoms with Crippen molar-refractivity contribution in [3.05, 3.63) is 28.8 Å². The molecule has 0 bridgehead atoms. The number of anilines is 1. The SMILES string of the molecule is CN1C(=O)CCC(NC(=O)c2cccc(N)c2Cl)C1=O. The summed E-state index contributed by atoms with van der Waals surface area (Å²) in [6.45, 7) is 0. The molecule has 106 valence electrons. The number of likely N-dealkylation sites (N-methyl/N-ethyl adjacent to an activating group) is 1. The Kier molecular flexibility index (Phi) is 3.94. The maximum absolute atomic E-state index is 12.1. The van der Waals surface area contributed by atoms with Gasteiger partial charge < -0.3 is 11.1 Å². The molecule has 1 aromatic rings. The van der Waals surface area contributed by atoms with Crippen LogP contribution < -0.4 is 11.1 Å². The summed E-state index contributed by atoms with van der Waals surface area (Å²) < 4.78 is 0. The van der Waals surface area contributed by atoms with E-state index in [9.17, 15) is 14.4 Å². The number of carbonyl (C=O) groups excluding carboxylic acids is 3. The normalized spacial score (nSPS) is 19.1. The first-order valence-electron chi connectivity index (χ1n) is 6.07. The molecule has 0 aliphatic carbocycles. The highest BCUT2D eigenvalue weighted by Crippen LogP contribution is 2.23. The molecule has 1 heterocycles. The zero-order valence-corrected chi connectivity index (χ0v) is 11.6. The van der Waals surface area contributed by atoms with Gasteiger partial charge >= 0.3 is 0 Å². The Morgan fingerprint density at radius 3 is 2.85 bits per heavy atom. The summed E-state index contributed by atoms with van der Waals surface area (Å²) in [5.41, 5.74) is 6.13. The van der Waals surface area contributed by atoms with Crippen LogP contribution in [0.15, 0.2) is 18.2 Å². The predicted octanol–water partition coefficient (Wildman–Crippen LogP) is 0.799. The average Bonchev–Trinajstić information content (AvgIpc) is 2.42. The van der Waals surface area contributed by atoms with Gasteiger partial charge in [0, 0.05) is 13.5 Å². The van der Waals surface area contributed by atoms with E-state index in [1.807, 2.05) is 0 Å². The summed E-state index contributed by atoms with van der Waals surface area (Å²) in [6.07, 6.45) is 0.505. The number of hydrogen-bond acceptors (Lipinski definition) is 4. The molecule has 1 aliphatic rings. The van der Waals surface area contributed by atoms with Gasteiger partial charge in [0.2, 0.25) is 5.91 Å². The summed E-state index contributed by atoms with van der Waals surface area (Å²) in [5, 5.41) is 2.73. The number of imide groups is 1. The van der Waals surface area contributed by atoms with Gasteiger partial charge in [0.15, 0.2) is 0 Å². The smallest absolute Gasteiger partial charge is 0.253 e. The number of rotatable bonds is 2. The first kappa shape index (κ1) is 14.3. The molecule has 2 rings (SSSR count). The summed E-state index contributed by atoms with van der Waals surface area (Å²) in [4.78, 5) is 36.4. The molecule has 6 nitrogen and oxygen atoms in total. The van der Waals surface area contributed by atoms with Crippen LogP contribution in [0.1, 0.15) is 23.2 Å². The number of hydrogen-bond donors (Lipinski definition) is 2. The van der Waals surface area contributed by atoms with E-state index < -0.39 is 17.9 Å². The molecule has 1 aliphatic heterocycles. The fourth-order valence-electron chi connectivity index (χ4n) is 2.01. The molecule has 1 atom stereocenters. The molecule has 7 heteroatoms. The zero-order valence-electron chi connectivity index (χ0n) is 10.9. The van der Waals surface area contributed by atoms with E-state index in [1.165, 1.54) is 13.1 Å². The van der Waals surface area contributed by atoms with Gasteiger partial charge in [0.25, 0.3) is 11.8 Å². The van der Waals surface area contributed by atoms with E-state index in [0.29, 0.717) is 5.69 Å². The van der Waals surface area contributed by atoms with Crippen LogP contribution in [0.2, 0.25) is 5.02 Å². The highest BCUT2D eigenvalue weighted by Gasteiger charge is 2.33. The van der Waals surface area contributed by atoms with Crippen LogP contribution in [-0.4, -0.2) is 35.7 Å². The second-order valence-corrected chi connectivity index (χ2v) is 4.94. The summed E-state index contributed by atoms with van der Waals surface area (Å²) in [7, 11) is 1.40. The van der Waals surface area contributed by atoms with E-state index in [1.54, 1.807) is 12.1 Å². The van der Waals surface area contributed by atoms with Crippen LogP contribution >= 0.6 is 11.6 Å². The number of amides is 3. The molecule has 3 N–H and O–H groups in total. The number of benzene rings is 1. The third kappa shape index (κ3) is 2.60. The Morgan fingerprint density at radius 1 is 1.45 bits per heavy atom. The van der Waals surface area contributed by atoms with Crippen LogP contribution in [0.25, 0.3) is 0 Å². The molecule has 1 aromatic carbocycles. The average molecular weight is 296 g/mol. The minimum absolute atomic E-state index is 0.151. The molecule has 1 unspecified atom stereocenters. The maximum Gasteiger partial charge on any atom is 0.253 e. The lowest BCUT2D eigenvalue weighted by Crippen LogP contribution is -2.52. The third-order valence-corrected chi connectivity index (χ3v) is 3.65. The van der Waals surface area contributed by atoms with Crippen molar-refractivity contribution in [2.45, 2.75) is 18.9 Å². The first-order valence-corrected chi connectivity index (χ1v) is 6.45. The molecule has 0 aromatic heterocycles. The predicted molar refractivity (Wildman–Crippen MR) is 74.1 cm³/mol. The molecule has 0 radical (unpaired) electrons. The quantitative estimate of drug-likeness (QED) is 0.623. The van der Waals surface area contributed by atoms with Gasteiger partial charge in [-0.05, 0) is 18.6 Å². The van der Waals surface area contributed by atoms with Gasteiger partial charge in [0.05, 0.1) is 16.3 Å². The van der Waals surface area contributed by atoms with E-state index in [2.05, 4.69) is 5.32 Å². The maximum atomic E-state index is 12.1. The van der Waals surface area contributed by atoms with E-state index in [-0.39, 0.29) is 29.3 Å². The Morgan fingerprint density at radius 2 is 2.15 bits per heavy atom. The Bertz CT molecular complexity index is 588. The molecule has 3 amide bonds. The molecular weight excluding hydrogens is 282 g/mol. The third-order valence-electron chi connectivity index (χ3n) is 3.23. The van der Waals surface area contributed by atoms with E-state index in [0.717, 1.165) is 4.90 Å². The van der Waals surface area contributed by atoms with E-state index >= 15 is 0 Å². The number of piperidine rings is 1. The van der Waals surface area contributed by atoms with Crippen molar-refractivity contribution in [1.29, 1.82) is 0 Å². The Hall–Kier alpha value is -2.08. The molecule has 0 saturated carbocycles. The van der Waals surface area contributed by atoms with Crippen molar-refractivity contribution < 1.29 is 14.4 Å². The number of likely N-dealkylation sites (tertiary alicyclic amines) is 1. The summed E-state index contributed by atoms with van der Waals surface area (Å²) in [6, 6.07) is 3.99. The van der Waals surface area contributed by atoms with E-state index in [4.69, 9.17) is 17.3 Å². The lowest BCUT2D eigenvalue weighted by Gasteiger charge is -2.28. The number of nitrogens with zero attached hydrogens (tertiary/aromatic N) is 1. The second kappa shape index (κ2) is 5.50. The zero-order chi connectivity index (χ0) is 14.9. The van der Waals surface area contributed by atoms with Crippen LogP contribution in [0.4, 0.5) is 5.69 Å². The Labute approximate surface area is 120 Å². The van der Waals surface area contributed by atoms with Crippen molar-refractivity contribution in [3.8, 4) is 0 Å². The van der Waals surface area contributed by atoms with Gasteiger partial charge in [-0.3, -0.25) is 19.3 Å². The van der Waals surface area contributed by atoms with Crippen molar-refractivity contribution in [3.63, 3.8) is 0 Å². The number of halogens is 1. The number of nitrogens with one attached hydrogen (secondary N) is 1. The van der Waals surface area contributed by atoms with Crippen LogP contribution in [0, 0.1) is 0 Å². The van der Waals surface area contributed by atoms with Gasteiger partial charge in [-0.2, -0.15) is 0 Å². The molecule has 1 fully saturated rings. The lowest BCUT2D eigenvalue weighted by atomic mass is 10.0. The first-order chi connectivity index (χ1) is 9.41. The second-order valence-electron chi connectivity index (χ2n) is 4.56. The summed E-state index contributed by atoms with van der Waals surface area (Å²) >= 11 is 5.96. The lowest BCUT2D eigenvalue weighted by molar-refractivity contribution is -0.147. The van der Waals surface area contributed by atoms with Gasteiger partial charge in [-0.25, -0.2) is 0 Å². The van der Waals surface area contributed by atoms with Crippen molar-refractivity contribution in [1.82, 2.24) is 10.2 Å². The van der Waals surface area contributed by atoms with Gasteiger partial charge in [0.1, 0.15) is 6.04 Å². The van der Waals surface area contributed by atoms with Crippen molar-refractivity contribution in [2.75, 3.05) is 12.8 Å². The van der Waals surface area contributed by atoms with Crippen LogP contribution in [0.5, 0.6) is 0 Å². The van der Waals surface area contributed by atoms with Crippen LogP contribution in [-0.2, 0) is 9.59 Å². The van der Waals surface area contributed by atoms with Crippen molar-refractivity contribution in [2.24, 2.45) is 0 Å². The number of nitrogen functional groups attached to an aromatic ring is 1. The van der Waals surface area contributed by atoms with Gasteiger partial charge in [-0.15, -0.1) is 0 Å². The Balaban J connectivity index is 2.14. The number of carbonyl (C=O) groups is 3.